The van der Waals surface area contributed by atoms with E-state index < -0.39 is 0 Å². The molecule has 0 bridgehead atoms. The van der Waals surface area contributed by atoms with Gasteiger partial charge in [0, 0.05) is 25.0 Å². The molecule has 1 saturated carbocycles. The molecule has 1 aliphatic heterocycles. The summed E-state index contributed by atoms with van der Waals surface area (Å²) in [6, 6.07) is 0.297. The zero-order valence-electron chi connectivity index (χ0n) is 15.4. The molecule has 8 heteroatoms. The number of amides is 1. The van der Waals surface area contributed by atoms with E-state index in [0.29, 0.717) is 17.5 Å². The van der Waals surface area contributed by atoms with Crippen LogP contribution in [0.2, 0.25) is 0 Å². The number of hydrogen-bond donors (Lipinski definition) is 1. The minimum Gasteiger partial charge on any atom is -0.334 e. The summed E-state index contributed by atoms with van der Waals surface area (Å²) in [6.07, 6.45) is 7.92. The summed E-state index contributed by atoms with van der Waals surface area (Å²) < 4.78 is 6.14. The fraction of sp³-hybridized carbons (Fsp3) is 0.667. The van der Waals surface area contributed by atoms with Gasteiger partial charge in [0.05, 0.1) is 12.2 Å². The largest absolute Gasteiger partial charge is 0.334 e. The van der Waals surface area contributed by atoms with E-state index in [1.807, 2.05) is 24.2 Å². The molecule has 0 aromatic carbocycles. The summed E-state index contributed by atoms with van der Waals surface area (Å²) in [5.41, 5.74) is 1.10. The van der Waals surface area contributed by atoms with Crippen molar-refractivity contribution in [3.05, 3.63) is 28.8 Å². The van der Waals surface area contributed by atoms with Crippen molar-refractivity contribution in [3.63, 3.8) is 0 Å². The second kappa shape index (κ2) is 7.08. The highest BCUT2D eigenvalue weighted by atomic mass is 32.1. The molecule has 2 aromatic rings. The highest BCUT2D eigenvalue weighted by Crippen LogP contribution is 2.56. The first-order valence-electron chi connectivity index (χ1n) is 9.51. The molecule has 2 aromatic heterocycles. The highest BCUT2D eigenvalue weighted by Gasteiger charge is 2.58. The van der Waals surface area contributed by atoms with E-state index >= 15 is 0 Å². The smallest absolute Gasteiger partial charge is 0.268 e. The van der Waals surface area contributed by atoms with Crippen LogP contribution in [-0.2, 0) is 19.5 Å². The van der Waals surface area contributed by atoms with E-state index in [0.717, 1.165) is 56.8 Å². The Bertz CT molecular complexity index is 778. The van der Waals surface area contributed by atoms with Crippen LogP contribution in [0, 0.1) is 5.41 Å². The Balaban J connectivity index is 1.62. The van der Waals surface area contributed by atoms with Gasteiger partial charge in [0.2, 0.25) is 0 Å². The van der Waals surface area contributed by atoms with Crippen molar-refractivity contribution < 1.29 is 4.79 Å². The van der Waals surface area contributed by atoms with Gasteiger partial charge in [0.15, 0.2) is 0 Å². The predicted molar refractivity (Wildman–Crippen MR) is 100 cm³/mol. The number of carbonyl (C=O) groups excluding carboxylic acids is 1. The fourth-order valence-corrected chi connectivity index (χ4v) is 4.92. The van der Waals surface area contributed by atoms with Crippen molar-refractivity contribution in [2.24, 2.45) is 5.41 Å². The summed E-state index contributed by atoms with van der Waals surface area (Å²) >= 11 is 1.22. The average molecular weight is 375 g/mol. The molecule has 7 nitrogen and oxygen atoms in total. The molecule has 1 amide bonds. The molecule has 4 rings (SSSR count). The molecule has 1 aliphatic carbocycles. The Hall–Kier alpha value is -1.80. The van der Waals surface area contributed by atoms with Crippen molar-refractivity contribution in [1.82, 2.24) is 29.4 Å². The minimum absolute atomic E-state index is 0.0721. The van der Waals surface area contributed by atoms with Crippen LogP contribution >= 0.6 is 11.5 Å². The van der Waals surface area contributed by atoms with E-state index in [9.17, 15) is 4.79 Å². The quantitative estimate of drug-likeness (QED) is 0.838. The SMILES string of the molecule is CCc1nnsc1C(=O)N(Cc1nccn1CC)[C@H]1CC12CCNCC2. The van der Waals surface area contributed by atoms with Crippen molar-refractivity contribution in [3.8, 4) is 0 Å². The molecule has 1 atom stereocenters. The van der Waals surface area contributed by atoms with E-state index in [4.69, 9.17) is 0 Å². The second-order valence-electron chi connectivity index (χ2n) is 7.30. The molecule has 26 heavy (non-hydrogen) atoms. The number of hydrogen-bond acceptors (Lipinski definition) is 6. The normalized spacial score (nSPS) is 21.1. The maximum Gasteiger partial charge on any atom is 0.268 e. The summed E-state index contributed by atoms with van der Waals surface area (Å²) in [5.74, 6) is 1.02. The number of imidazole rings is 1. The number of nitrogens with zero attached hydrogens (tertiary/aromatic N) is 5. The predicted octanol–water partition coefficient (Wildman–Crippen LogP) is 2.10. The lowest BCUT2D eigenvalue weighted by molar-refractivity contribution is 0.0688. The fourth-order valence-electron chi connectivity index (χ4n) is 4.22. The Morgan fingerprint density at radius 3 is 2.96 bits per heavy atom. The zero-order valence-corrected chi connectivity index (χ0v) is 16.3. The number of piperidine rings is 1. The average Bonchev–Trinajstić information content (AvgIpc) is 3.07. The van der Waals surface area contributed by atoms with Gasteiger partial charge in [0.25, 0.3) is 5.91 Å². The van der Waals surface area contributed by atoms with Crippen molar-refractivity contribution >= 4 is 17.4 Å². The van der Waals surface area contributed by atoms with Gasteiger partial charge in [-0.15, -0.1) is 5.10 Å². The molecule has 1 spiro atoms. The highest BCUT2D eigenvalue weighted by molar-refractivity contribution is 7.08. The van der Waals surface area contributed by atoms with Gasteiger partial charge in [0.1, 0.15) is 10.7 Å². The Kier molecular flexibility index (Phi) is 4.79. The van der Waals surface area contributed by atoms with E-state index in [2.05, 4.69) is 31.4 Å². The number of aromatic nitrogens is 4. The van der Waals surface area contributed by atoms with Crippen LogP contribution in [0.5, 0.6) is 0 Å². The number of nitrogens with one attached hydrogen (secondary N) is 1. The molecule has 1 saturated heterocycles. The van der Waals surface area contributed by atoms with Crippen molar-refractivity contribution in [2.45, 2.75) is 58.7 Å². The van der Waals surface area contributed by atoms with Gasteiger partial charge in [-0.1, -0.05) is 11.4 Å². The van der Waals surface area contributed by atoms with Crippen LogP contribution in [0.25, 0.3) is 0 Å². The standard InChI is InChI=1S/C18H26N6OS/c1-3-13-16(26-22-21-13)17(25)24(12-15-20-9-10-23(15)4-2)14-11-18(14)5-7-19-8-6-18/h9-10,14,19H,3-8,11-12H2,1-2H3/t14-/m0/s1. The number of aryl methyl sites for hydroxylation is 2. The van der Waals surface area contributed by atoms with Crippen LogP contribution in [0.15, 0.2) is 12.4 Å². The third-order valence-corrected chi connectivity index (χ3v) is 6.68. The zero-order chi connectivity index (χ0) is 18.1. The Morgan fingerprint density at radius 2 is 2.23 bits per heavy atom. The van der Waals surface area contributed by atoms with Crippen LogP contribution in [0.4, 0.5) is 0 Å². The van der Waals surface area contributed by atoms with Crippen LogP contribution in [0.1, 0.15) is 54.3 Å². The lowest BCUT2D eigenvalue weighted by Crippen LogP contribution is -2.39. The third-order valence-electron chi connectivity index (χ3n) is 5.92. The lowest BCUT2D eigenvalue weighted by Gasteiger charge is -2.29. The van der Waals surface area contributed by atoms with Crippen LogP contribution in [0.3, 0.4) is 0 Å². The summed E-state index contributed by atoms with van der Waals surface area (Å²) in [7, 11) is 0. The Labute approximate surface area is 158 Å². The van der Waals surface area contributed by atoms with Gasteiger partial charge in [-0.25, -0.2) is 4.98 Å². The van der Waals surface area contributed by atoms with Gasteiger partial charge in [-0.05, 0) is 62.6 Å². The van der Waals surface area contributed by atoms with Gasteiger partial charge in [-0.3, -0.25) is 4.79 Å². The molecular formula is C18H26N6OS. The first kappa shape index (κ1) is 17.6. The molecule has 2 fully saturated rings. The number of rotatable bonds is 6. The lowest BCUT2D eigenvalue weighted by atomic mass is 9.93. The summed E-state index contributed by atoms with van der Waals surface area (Å²) in [4.78, 5) is 20.7. The topological polar surface area (TPSA) is 75.9 Å². The van der Waals surface area contributed by atoms with E-state index in [-0.39, 0.29) is 11.3 Å². The molecule has 0 radical (unpaired) electrons. The summed E-state index contributed by atoms with van der Waals surface area (Å²) in [5, 5.41) is 7.58. The molecule has 140 valence electrons. The molecule has 1 N–H and O–H groups in total. The van der Waals surface area contributed by atoms with Crippen molar-refractivity contribution in [2.75, 3.05) is 13.1 Å². The maximum atomic E-state index is 13.4. The van der Waals surface area contributed by atoms with E-state index in [1.54, 1.807) is 0 Å². The number of carbonyl (C=O) groups is 1. The van der Waals surface area contributed by atoms with Gasteiger partial charge >= 0.3 is 0 Å². The van der Waals surface area contributed by atoms with Gasteiger partial charge in [-0.2, -0.15) is 0 Å². The van der Waals surface area contributed by atoms with Crippen LogP contribution in [-0.4, -0.2) is 49.1 Å². The maximum absolute atomic E-state index is 13.4. The van der Waals surface area contributed by atoms with Gasteiger partial charge < -0.3 is 14.8 Å². The Morgan fingerprint density at radius 1 is 1.42 bits per heavy atom. The minimum atomic E-state index is 0.0721. The first-order chi connectivity index (χ1) is 12.7. The third kappa shape index (κ3) is 3.05. The second-order valence-corrected chi connectivity index (χ2v) is 8.05. The van der Waals surface area contributed by atoms with E-state index in [1.165, 1.54) is 11.5 Å². The molecular weight excluding hydrogens is 348 g/mol. The molecule has 3 heterocycles. The molecule has 2 aliphatic rings. The van der Waals surface area contributed by atoms with Crippen molar-refractivity contribution in [1.29, 1.82) is 0 Å². The van der Waals surface area contributed by atoms with Crippen LogP contribution < -0.4 is 5.32 Å². The monoisotopic (exact) mass is 374 g/mol. The molecule has 0 unspecified atom stereocenters. The summed E-state index contributed by atoms with van der Waals surface area (Å²) in [6.45, 7) is 7.63. The first-order valence-corrected chi connectivity index (χ1v) is 10.3.